The molecule has 1 aliphatic heterocycles. The summed E-state index contributed by atoms with van der Waals surface area (Å²) in [6.45, 7) is 2.14. The minimum atomic E-state index is -0.877. The highest BCUT2D eigenvalue weighted by Crippen LogP contribution is 2.28. The number of aryl methyl sites for hydroxylation is 1. The Morgan fingerprint density at radius 3 is 2.47 bits per heavy atom. The van der Waals surface area contributed by atoms with Gasteiger partial charge in [0.2, 0.25) is 5.91 Å². The molecule has 2 atom stereocenters. The standard InChI is InChI=1S/C22H21N5O3/c1-14-17(22(30)27(26-14)16-10-6-3-7-11-16)13-24-25-21(29)19-18(12-23-20(19)28)15-8-4-2-5-9-15/h2-11,13,18-19,26H,12H2,1H3,(H,23,28)(H,25,29)/b24-13+/t18-,19-/m1/s1. The number of benzene rings is 2. The SMILES string of the molecule is Cc1[nH]n(-c2ccccc2)c(=O)c1/C=N/NC(=O)[C@H]1C(=O)NC[C@@H]1c1ccccc1. The van der Waals surface area contributed by atoms with E-state index >= 15 is 0 Å². The van der Waals surface area contributed by atoms with Crippen LogP contribution < -0.4 is 16.3 Å². The Morgan fingerprint density at radius 2 is 1.77 bits per heavy atom. The van der Waals surface area contributed by atoms with E-state index in [1.54, 1.807) is 6.92 Å². The van der Waals surface area contributed by atoms with Crippen LogP contribution in [-0.2, 0) is 9.59 Å². The van der Waals surface area contributed by atoms with Crippen molar-refractivity contribution in [1.82, 2.24) is 20.5 Å². The molecule has 8 heteroatoms. The molecule has 0 unspecified atom stereocenters. The van der Waals surface area contributed by atoms with Gasteiger partial charge in [0.05, 0.1) is 17.5 Å². The lowest BCUT2D eigenvalue weighted by molar-refractivity contribution is -0.133. The topological polar surface area (TPSA) is 108 Å². The monoisotopic (exact) mass is 403 g/mol. The average Bonchev–Trinajstić information content (AvgIpc) is 3.29. The van der Waals surface area contributed by atoms with E-state index in [1.165, 1.54) is 10.9 Å². The quantitative estimate of drug-likeness (QED) is 0.341. The molecule has 0 saturated carbocycles. The summed E-state index contributed by atoms with van der Waals surface area (Å²) in [6, 6.07) is 18.6. The smallest absolute Gasteiger partial charge is 0.280 e. The molecular weight excluding hydrogens is 382 g/mol. The lowest BCUT2D eigenvalue weighted by atomic mass is 9.88. The van der Waals surface area contributed by atoms with Gasteiger partial charge in [0, 0.05) is 18.2 Å². The van der Waals surface area contributed by atoms with Gasteiger partial charge in [0.1, 0.15) is 5.92 Å². The van der Waals surface area contributed by atoms with Gasteiger partial charge in [-0.3, -0.25) is 19.5 Å². The molecule has 8 nitrogen and oxygen atoms in total. The third-order valence-corrected chi connectivity index (χ3v) is 5.19. The maximum atomic E-state index is 12.7. The third-order valence-electron chi connectivity index (χ3n) is 5.19. The second-order valence-electron chi connectivity index (χ2n) is 7.10. The highest BCUT2D eigenvalue weighted by Gasteiger charge is 2.40. The number of nitrogens with one attached hydrogen (secondary N) is 3. The number of carbonyl (C=O) groups excluding carboxylic acids is 2. The molecule has 1 fully saturated rings. The van der Waals surface area contributed by atoms with Crippen molar-refractivity contribution in [2.24, 2.45) is 11.0 Å². The van der Waals surface area contributed by atoms with Crippen molar-refractivity contribution in [3.05, 3.63) is 87.8 Å². The Bertz CT molecular complexity index is 1150. The van der Waals surface area contributed by atoms with Crippen molar-refractivity contribution < 1.29 is 9.59 Å². The van der Waals surface area contributed by atoms with Crippen LogP contribution in [0, 0.1) is 12.8 Å². The van der Waals surface area contributed by atoms with Crippen LogP contribution in [-0.4, -0.2) is 34.4 Å². The van der Waals surface area contributed by atoms with Gasteiger partial charge in [-0.05, 0) is 24.6 Å². The first-order chi connectivity index (χ1) is 14.6. The third kappa shape index (κ3) is 3.67. The molecule has 0 spiro atoms. The number of carbonyl (C=O) groups is 2. The summed E-state index contributed by atoms with van der Waals surface area (Å²) in [4.78, 5) is 37.5. The van der Waals surface area contributed by atoms with E-state index in [4.69, 9.17) is 0 Å². The van der Waals surface area contributed by atoms with Gasteiger partial charge < -0.3 is 5.32 Å². The van der Waals surface area contributed by atoms with Crippen molar-refractivity contribution in [2.45, 2.75) is 12.8 Å². The Labute approximate surface area is 172 Å². The molecule has 2 aromatic carbocycles. The molecule has 3 aromatic rings. The minimum absolute atomic E-state index is 0.266. The van der Waals surface area contributed by atoms with Gasteiger partial charge in [-0.1, -0.05) is 48.5 Å². The molecule has 1 saturated heterocycles. The molecule has 0 bridgehead atoms. The summed E-state index contributed by atoms with van der Waals surface area (Å²) in [7, 11) is 0. The van der Waals surface area contributed by atoms with E-state index in [0.717, 1.165) is 5.56 Å². The van der Waals surface area contributed by atoms with Crippen molar-refractivity contribution in [3.8, 4) is 5.69 Å². The number of rotatable bonds is 5. The van der Waals surface area contributed by atoms with Crippen molar-refractivity contribution in [1.29, 1.82) is 0 Å². The van der Waals surface area contributed by atoms with Crippen LogP contribution in [0.4, 0.5) is 0 Å². The summed E-state index contributed by atoms with van der Waals surface area (Å²) in [5.74, 6) is -1.98. The summed E-state index contributed by atoms with van der Waals surface area (Å²) < 4.78 is 1.41. The van der Waals surface area contributed by atoms with Gasteiger partial charge >= 0.3 is 0 Å². The molecule has 2 amide bonds. The minimum Gasteiger partial charge on any atom is -0.355 e. The maximum Gasteiger partial charge on any atom is 0.280 e. The fourth-order valence-corrected chi connectivity index (χ4v) is 3.63. The number of hydrogen-bond donors (Lipinski definition) is 3. The van der Waals surface area contributed by atoms with Gasteiger partial charge in [0.15, 0.2) is 0 Å². The molecule has 3 N–H and O–H groups in total. The van der Waals surface area contributed by atoms with E-state index in [-0.39, 0.29) is 17.4 Å². The second kappa shape index (κ2) is 8.20. The lowest BCUT2D eigenvalue weighted by Gasteiger charge is -2.15. The highest BCUT2D eigenvalue weighted by molar-refractivity contribution is 6.03. The molecule has 0 aliphatic carbocycles. The Balaban J connectivity index is 1.51. The molecule has 1 aromatic heterocycles. The van der Waals surface area contributed by atoms with Gasteiger partial charge in [-0.15, -0.1) is 0 Å². The molecule has 4 rings (SSSR count). The number of hydrazone groups is 1. The fourth-order valence-electron chi connectivity index (χ4n) is 3.63. The van der Waals surface area contributed by atoms with Crippen LogP contribution in [0.5, 0.6) is 0 Å². The number of hydrogen-bond acceptors (Lipinski definition) is 4. The number of aromatic nitrogens is 2. The van der Waals surface area contributed by atoms with E-state index in [2.05, 4.69) is 20.9 Å². The van der Waals surface area contributed by atoms with E-state index in [1.807, 2.05) is 60.7 Å². The molecular formula is C22H21N5O3. The van der Waals surface area contributed by atoms with Crippen molar-refractivity contribution >= 4 is 18.0 Å². The van der Waals surface area contributed by atoms with Gasteiger partial charge in [-0.25, -0.2) is 10.1 Å². The molecule has 152 valence electrons. The van der Waals surface area contributed by atoms with Crippen molar-refractivity contribution in [2.75, 3.05) is 6.54 Å². The van der Waals surface area contributed by atoms with E-state index in [9.17, 15) is 14.4 Å². The van der Waals surface area contributed by atoms with Crippen molar-refractivity contribution in [3.63, 3.8) is 0 Å². The van der Waals surface area contributed by atoms with E-state index in [0.29, 0.717) is 23.5 Å². The largest absolute Gasteiger partial charge is 0.355 e. The second-order valence-corrected chi connectivity index (χ2v) is 7.10. The van der Waals surface area contributed by atoms with Crippen LogP contribution in [0.2, 0.25) is 0 Å². The number of H-pyrrole nitrogens is 1. The predicted octanol–water partition coefficient (Wildman–Crippen LogP) is 1.45. The first-order valence-corrected chi connectivity index (χ1v) is 9.59. The highest BCUT2D eigenvalue weighted by atomic mass is 16.2. The van der Waals surface area contributed by atoms with Crippen LogP contribution >= 0.6 is 0 Å². The number of nitrogens with zero attached hydrogens (tertiary/aromatic N) is 2. The molecule has 30 heavy (non-hydrogen) atoms. The first-order valence-electron chi connectivity index (χ1n) is 9.59. The summed E-state index contributed by atoms with van der Waals surface area (Å²) in [6.07, 6.45) is 1.30. The summed E-state index contributed by atoms with van der Waals surface area (Å²) in [5, 5.41) is 9.67. The van der Waals surface area contributed by atoms with Crippen LogP contribution in [0.1, 0.15) is 22.7 Å². The normalized spacial score (nSPS) is 18.5. The molecule has 2 heterocycles. The molecule has 1 aliphatic rings. The van der Waals surface area contributed by atoms with Crippen LogP contribution in [0.25, 0.3) is 5.69 Å². The van der Waals surface area contributed by atoms with Gasteiger partial charge in [-0.2, -0.15) is 5.10 Å². The number of amides is 2. The zero-order chi connectivity index (χ0) is 21.1. The lowest BCUT2D eigenvalue weighted by Crippen LogP contribution is -2.34. The van der Waals surface area contributed by atoms with Crippen LogP contribution in [0.3, 0.4) is 0 Å². The zero-order valence-electron chi connectivity index (χ0n) is 16.3. The average molecular weight is 403 g/mol. The Hall–Kier alpha value is -3.94. The van der Waals surface area contributed by atoms with Crippen LogP contribution in [0.15, 0.2) is 70.6 Å². The van der Waals surface area contributed by atoms with E-state index < -0.39 is 11.8 Å². The zero-order valence-corrected chi connectivity index (χ0v) is 16.3. The Kier molecular flexibility index (Phi) is 5.30. The van der Waals surface area contributed by atoms with Gasteiger partial charge in [0.25, 0.3) is 11.5 Å². The first kappa shape index (κ1) is 19.4. The fraction of sp³-hybridized carbons (Fsp3) is 0.182. The summed E-state index contributed by atoms with van der Waals surface area (Å²) in [5.41, 5.74) is 4.68. The summed E-state index contributed by atoms with van der Waals surface area (Å²) >= 11 is 0. The number of aromatic amines is 1. The predicted molar refractivity (Wildman–Crippen MR) is 113 cm³/mol. The maximum absolute atomic E-state index is 12.7. The Morgan fingerprint density at radius 1 is 1.10 bits per heavy atom. The molecule has 0 radical (unpaired) electrons. The number of para-hydroxylation sites is 1.